The number of benzene rings is 3. The predicted octanol–water partition coefficient (Wildman–Crippen LogP) is 4.68. The SMILES string of the molecule is C[N-]c1ccc(C(=O)C(CS(=O)(=O)c2ccc(C)cc2)CS(=O)(=O)c2ccc(C)cc2)cc1.[Re]. The summed E-state index contributed by atoms with van der Waals surface area (Å²) in [7, 11) is -6.20. The Morgan fingerprint density at radius 1 is 0.706 bits per heavy atom. The molecular formula is C25H26NO5ReS2-. The second-order valence-corrected chi connectivity index (χ2v) is 12.1. The van der Waals surface area contributed by atoms with Crippen LogP contribution in [0.4, 0.5) is 5.69 Å². The molecule has 6 nitrogen and oxygen atoms in total. The second kappa shape index (κ2) is 11.4. The molecule has 0 aliphatic heterocycles. The zero-order valence-electron chi connectivity index (χ0n) is 19.1. The number of aryl methyl sites for hydroxylation is 2. The third-order valence-corrected chi connectivity index (χ3v) is 9.05. The maximum absolute atomic E-state index is 13.3. The van der Waals surface area contributed by atoms with Crippen LogP contribution in [0.1, 0.15) is 21.5 Å². The summed E-state index contributed by atoms with van der Waals surface area (Å²) in [5.41, 5.74) is 2.68. The number of carbonyl (C=O) groups excluding carboxylic acids is 1. The number of rotatable bonds is 9. The Morgan fingerprint density at radius 2 is 1.09 bits per heavy atom. The number of hydrogen-bond acceptors (Lipinski definition) is 5. The first-order valence-corrected chi connectivity index (χ1v) is 13.7. The average molecular weight is 671 g/mol. The monoisotopic (exact) mass is 671 g/mol. The molecule has 3 aromatic rings. The summed E-state index contributed by atoms with van der Waals surface area (Å²) in [4.78, 5) is 13.4. The van der Waals surface area contributed by atoms with Gasteiger partial charge >= 0.3 is 0 Å². The number of hydrogen-bond donors (Lipinski definition) is 0. The van der Waals surface area contributed by atoms with Gasteiger partial charge in [-0.25, -0.2) is 16.8 Å². The molecule has 0 fully saturated rings. The quantitative estimate of drug-likeness (QED) is 0.308. The van der Waals surface area contributed by atoms with Crippen molar-refractivity contribution >= 4 is 31.1 Å². The van der Waals surface area contributed by atoms with Gasteiger partial charge < -0.3 is 5.32 Å². The van der Waals surface area contributed by atoms with Gasteiger partial charge in [-0.15, -0.1) is 12.7 Å². The molecule has 0 aromatic heterocycles. The summed E-state index contributed by atoms with van der Waals surface area (Å²) >= 11 is 0. The van der Waals surface area contributed by atoms with Crippen LogP contribution >= 0.6 is 0 Å². The van der Waals surface area contributed by atoms with Crippen LogP contribution in [-0.2, 0) is 40.1 Å². The average Bonchev–Trinajstić information content (AvgIpc) is 2.78. The van der Waals surface area contributed by atoms with E-state index in [4.69, 9.17) is 0 Å². The number of nitrogens with zero attached hydrogens (tertiary/aromatic N) is 1. The van der Waals surface area contributed by atoms with Crippen molar-refractivity contribution in [1.29, 1.82) is 0 Å². The first kappa shape index (κ1) is 27.9. The summed E-state index contributed by atoms with van der Waals surface area (Å²) in [6.45, 7) is 3.67. The maximum Gasteiger partial charge on any atom is 0.179 e. The van der Waals surface area contributed by atoms with E-state index < -0.39 is 42.9 Å². The predicted molar refractivity (Wildman–Crippen MR) is 130 cm³/mol. The fraction of sp³-hybridized carbons (Fsp3) is 0.240. The number of carbonyl (C=O) groups is 1. The molecule has 0 aliphatic rings. The summed E-state index contributed by atoms with van der Waals surface area (Å²) < 4.78 is 52.4. The fourth-order valence-corrected chi connectivity index (χ4v) is 6.66. The standard InChI is InChI=1S/C25H27NO5S2.Re/c1-18-4-12-23(13-5-18)32(28,29)16-21(25(27)20-8-10-22(26-3)11-9-20)17-33(30,31)24-14-6-19(2)7-15-24;/h4-15,21H,16-17H2,1-3H3,(H,26,27);/p-1. The molecule has 3 rings (SSSR count). The fourth-order valence-electron chi connectivity index (χ4n) is 3.42. The Kier molecular flexibility index (Phi) is 9.38. The van der Waals surface area contributed by atoms with Crippen molar-refractivity contribution in [3.05, 3.63) is 94.8 Å². The molecule has 0 N–H and O–H groups in total. The summed E-state index contributed by atoms with van der Waals surface area (Å²) in [6.07, 6.45) is 0. The summed E-state index contributed by atoms with van der Waals surface area (Å²) in [5, 5.41) is 4.03. The molecule has 9 heteroatoms. The molecule has 0 bridgehead atoms. The minimum absolute atomic E-state index is 0. The van der Waals surface area contributed by atoms with E-state index in [1.807, 2.05) is 13.8 Å². The molecule has 0 spiro atoms. The van der Waals surface area contributed by atoms with Gasteiger partial charge in [0, 0.05) is 26.0 Å². The molecule has 181 valence electrons. The van der Waals surface area contributed by atoms with Crippen LogP contribution in [0.3, 0.4) is 0 Å². The second-order valence-electron chi connectivity index (χ2n) is 8.02. The van der Waals surface area contributed by atoms with Crippen molar-refractivity contribution in [2.75, 3.05) is 18.6 Å². The Labute approximate surface area is 215 Å². The van der Waals surface area contributed by atoms with Crippen molar-refractivity contribution in [2.24, 2.45) is 5.92 Å². The normalized spacial score (nSPS) is 11.6. The van der Waals surface area contributed by atoms with E-state index in [0.717, 1.165) is 11.1 Å². The van der Waals surface area contributed by atoms with Gasteiger partial charge in [0.05, 0.1) is 27.2 Å². The van der Waals surface area contributed by atoms with Crippen LogP contribution in [0.15, 0.2) is 82.6 Å². The molecule has 3 aromatic carbocycles. The Hall–Kier alpha value is -2.31. The Bertz CT molecular complexity index is 1260. The van der Waals surface area contributed by atoms with E-state index in [1.54, 1.807) is 43.4 Å². The topological polar surface area (TPSA) is 99.4 Å². The molecule has 0 amide bonds. The molecule has 0 heterocycles. The zero-order valence-corrected chi connectivity index (χ0v) is 23.5. The molecule has 0 saturated heterocycles. The van der Waals surface area contributed by atoms with Crippen LogP contribution in [0.5, 0.6) is 0 Å². The summed E-state index contributed by atoms with van der Waals surface area (Å²) in [5.74, 6) is -3.03. The van der Waals surface area contributed by atoms with Crippen molar-refractivity contribution in [3.63, 3.8) is 0 Å². The Morgan fingerprint density at radius 3 is 1.44 bits per heavy atom. The summed E-state index contributed by atoms with van der Waals surface area (Å²) in [6, 6.07) is 18.9. The van der Waals surface area contributed by atoms with Crippen LogP contribution in [0.2, 0.25) is 0 Å². The van der Waals surface area contributed by atoms with Crippen LogP contribution in [-0.4, -0.2) is 41.2 Å². The van der Waals surface area contributed by atoms with E-state index >= 15 is 0 Å². The number of sulfone groups is 2. The van der Waals surface area contributed by atoms with Crippen LogP contribution in [0.25, 0.3) is 5.32 Å². The smallest absolute Gasteiger partial charge is 0.179 e. The van der Waals surface area contributed by atoms with E-state index in [2.05, 4.69) is 5.32 Å². The van der Waals surface area contributed by atoms with Gasteiger partial charge in [-0.1, -0.05) is 59.7 Å². The molecule has 34 heavy (non-hydrogen) atoms. The van der Waals surface area contributed by atoms with Gasteiger partial charge in [0.25, 0.3) is 0 Å². The third-order valence-electron chi connectivity index (χ3n) is 5.38. The minimum Gasteiger partial charge on any atom is -0.687 e. The van der Waals surface area contributed by atoms with E-state index in [0.29, 0.717) is 5.69 Å². The van der Waals surface area contributed by atoms with E-state index in [-0.39, 0.29) is 35.8 Å². The number of Topliss-reactive ketones (excluding diaryl/α,β-unsaturated/α-hetero) is 1. The Balaban J connectivity index is 0.00000408. The molecule has 0 saturated carbocycles. The van der Waals surface area contributed by atoms with Crippen LogP contribution < -0.4 is 0 Å². The van der Waals surface area contributed by atoms with E-state index in [1.165, 1.54) is 36.4 Å². The van der Waals surface area contributed by atoms with Crippen LogP contribution in [0, 0.1) is 19.8 Å². The van der Waals surface area contributed by atoms with Gasteiger partial charge in [0.1, 0.15) is 0 Å². The van der Waals surface area contributed by atoms with Gasteiger partial charge in [-0.2, -0.15) is 0 Å². The first-order valence-electron chi connectivity index (χ1n) is 10.3. The van der Waals surface area contributed by atoms with Crippen molar-refractivity contribution < 1.29 is 42.1 Å². The molecule has 0 aliphatic carbocycles. The molecule has 0 atom stereocenters. The van der Waals surface area contributed by atoms with Gasteiger partial charge in [-0.05, 0) is 38.1 Å². The molecular weight excluding hydrogens is 645 g/mol. The van der Waals surface area contributed by atoms with Crippen molar-refractivity contribution in [1.82, 2.24) is 0 Å². The van der Waals surface area contributed by atoms with Gasteiger partial charge in [-0.3, -0.25) is 4.79 Å². The number of ketones is 1. The maximum atomic E-state index is 13.3. The van der Waals surface area contributed by atoms with Crippen molar-refractivity contribution in [2.45, 2.75) is 23.6 Å². The van der Waals surface area contributed by atoms with Crippen molar-refractivity contribution in [3.8, 4) is 0 Å². The molecule has 1 radical (unpaired) electrons. The van der Waals surface area contributed by atoms with E-state index in [9.17, 15) is 21.6 Å². The van der Waals surface area contributed by atoms with Gasteiger partial charge in [0.2, 0.25) is 0 Å². The first-order chi connectivity index (χ1) is 15.5. The largest absolute Gasteiger partial charge is 0.687 e. The molecule has 0 unspecified atom stereocenters. The van der Waals surface area contributed by atoms with Gasteiger partial charge in [0.15, 0.2) is 25.5 Å². The minimum atomic E-state index is -3.91. The zero-order chi connectivity index (χ0) is 24.2. The third kappa shape index (κ3) is 6.86.